The molecule has 8 heteroatoms. The van der Waals surface area contributed by atoms with Gasteiger partial charge in [-0.15, -0.1) is 0 Å². The van der Waals surface area contributed by atoms with Crippen LogP contribution < -0.4 is 24.3 Å². The maximum Gasteiger partial charge on any atom is 0.259 e. The Morgan fingerprint density at radius 1 is 0.914 bits per heavy atom. The molecule has 0 fully saturated rings. The van der Waals surface area contributed by atoms with Gasteiger partial charge in [-0.2, -0.15) is 5.10 Å². The molecule has 3 aromatic carbocycles. The van der Waals surface area contributed by atoms with Crippen LogP contribution in [0.3, 0.4) is 0 Å². The third kappa shape index (κ3) is 4.63. The van der Waals surface area contributed by atoms with Gasteiger partial charge in [0.05, 0.1) is 38.7 Å². The van der Waals surface area contributed by atoms with Crippen molar-refractivity contribution in [3.8, 4) is 39.9 Å². The van der Waals surface area contributed by atoms with E-state index in [0.29, 0.717) is 53.2 Å². The summed E-state index contributed by atoms with van der Waals surface area (Å²) in [6.07, 6.45) is 2.53. The molecule has 0 radical (unpaired) electrons. The van der Waals surface area contributed by atoms with Crippen LogP contribution in [-0.2, 0) is 0 Å². The Labute approximate surface area is 203 Å². The van der Waals surface area contributed by atoms with Crippen LogP contribution in [0.4, 0.5) is 5.69 Å². The minimum Gasteiger partial charge on any atom is -0.493 e. The lowest BCUT2D eigenvalue weighted by molar-refractivity contribution is 0.102. The summed E-state index contributed by atoms with van der Waals surface area (Å²) in [6, 6.07) is 20.5. The Morgan fingerprint density at radius 3 is 2.46 bits per heavy atom. The van der Waals surface area contributed by atoms with Crippen molar-refractivity contribution in [2.24, 2.45) is 0 Å². The number of amides is 1. The van der Waals surface area contributed by atoms with E-state index in [2.05, 4.69) is 5.32 Å². The monoisotopic (exact) mass is 471 g/mol. The molecule has 1 aromatic heterocycles. The van der Waals surface area contributed by atoms with E-state index in [0.717, 1.165) is 17.7 Å². The Bertz CT molecular complexity index is 1350. The SMILES string of the molecule is COc1ccc(-c2nn(-c3ccccc3)cc2C(=O)Nc2ccc3c(c2)OCCCO3)cc1OC. The Morgan fingerprint density at radius 2 is 1.69 bits per heavy atom. The first-order chi connectivity index (χ1) is 17.2. The minimum absolute atomic E-state index is 0.300. The highest BCUT2D eigenvalue weighted by molar-refractivity contribution is 6.08. The highest BCUT2D eigenvalue weighted by atomic mass is 16.5. The second-order valence-corrected chi connectivity index (χ2v) is 7.91. The van der Waals surface area contributed by atoms with E-state index in [1.54, 1.807) is 55.4 Å². The summed E-state index contributed by atoms with van der Waals surface area (Å²) in [5.74, 6) is 2.13. The summed E-state index contributed by atoms with van der Waals surface area (Å²) in [4.78, 5) is 13.5. The van der Waals surface area contributed by atoms with Gasteiger partial charge >= 0.3 is 0 Å². The van der Waals surface area contributed by atoms with E-state index in [4.69, 9.17) is 24.0 Å². The molecule has 35 heavy (non-hydrogen) atoms. The van der Waals surface area contributed by atoms with Crippen LogP contribution in [0, 0.1) is 0 Å². The Balaban J connectivity index is 1.53. The Kier molecular flexibility index (Phi) is 6.26. The number of para-hydroxylation sites is 1. The predicted octanol–water partition coefficient (Wildman–Crippen LogP) is 4.97. The summed E-state index contributed by atoms with van der Waals surface area (Å²) < 4.78 is 24.0. The largest absolute Gasteiger partial charge is 0.493 e. The fraction of sp³-hybridized carbons (Fsp3) is 0.185. The van der Waals surface area contributed by atoms with Crippen molar-refractivity contribution < 1.29 is 23.7 Å². The molecule has 1 amide bonds. The van der Waals surface area contributed by atoms with Crippen LogP contribution in [0.5, 0.6) is 23.0 Å². The number of anilines is 1. The molecular formula is C27H25N3O5. The number of carbonyl (C=O) groups excluding carboxylic acids is 1. The fourth-order valence-electron chi connectivity index (χ4n) is 3.89. The summed E-state index contributed by atoms with van der Waals surface area (Å²) in [5, 5.41) is 7.71. The molecule has 0 spiro atoms. The first-order valence-corrected chi connectivity index (χ1v) is 11.2. The predicted molar refractivity (Wildman–Crippen MR) is 132 cm³/mol. The summed E-state index contributed by atoms with van der Waals surface area (Å²) in [7, 11) is 3.15. The van der Waals surface area contributed by atoms with Gasteiger partial charge < -0.3 is 24.3 Å². The standard InChI is InChI=1S/C27H25N3O5/c1-32-22-11-9-18(15-24(22)33-2)26-21(17-30(29-26)20-7-4-3-5-8-20)27(31)28-19-10-12-23-25(16-19)35-14-6-13-34-23/h3-5,7-12,15-17H,6,13-14H2,1-2H3,(H,28,31). The third-order valence-electron chi connectivity index (χ3n) is 5.64. The molecule has 8 nitrogen and oxygen atoms in total. The molecule has 5 rings (SSSR count). The molecule has 1 aliphatic heterocycles. The van der Waals surface area contributed by atoms with Crippen molar-refractivity contribution in [1.29, 1.82) is 0 Å². The molecule has 178 valence electrons. The Hall–Kier alpha value is -4.46. The highest BCUT2D eigenvalue weighted by Crippen LogP contribution is 2.35. The maximum absolute atomic E-state index is 13.5. The smallest absolute Gasteiger partial charge is 0.259 e. The molecule has 0 saturated heterocycles. The fourth-order valence-corrected chi connectivity index (χ4v) is 3.89. The second kappa shape index (κ2) is 9.80. The number of aromatic nitrogens is 2. The van der Waals surface area contributed by atoms with Gasteiger partial charge in [-0.05, 0) is 42.5 Å². The maximum atomic E-state index is 13.5. The number of rotatable bonds is 6. The van der Waals surface area contributed by atoms with Gasteiger partial charge in [0, 0.05) is 29.9 Å². The topological polar surface area (TPSA) is 83.8 Å². The number of fused-ring (bicyclic) bond motifs is 1. The zero-order valence-corrected chi connectivity index (χ0v) is 19.5. The van der Waals surface area contributed by atoms with Gasteiger partial charge in [0.2, 0.25) is 0 Å². The number of nitrogens with one attached hydrogen (secondary N) is 1. The van der Waals surface area contributed by atoms with Gasteiger partial charge in [0.15, 0.2) is 23.0 Å². The lowest BCUT2D eigenvalue weighted by Gasteiger charge is -2.11. The average molecular weight is 472 g/mol. The number of ether oxygens (including phenoxy) is 4. The summed E-state index contributed by atoms with van der Waals surface area (Å²) >= 11 is 0. The van der Waals surface area contributed by atoms with Gasteiger partial charge in [-0.25, -0.2) is 4.68 Å². The quantitative estimate of drug-likeness (QED) is 0.428. The van der Waals surface area contributed by atoms with Crippen molar-refractivity contribution in [2.75, 3.05) is 32.8 Å². The van der Waals surface area contributed by atoms with E-state index >= 15 is 0 Å². The molecule has 1 N–H and O–H groups in total. The third-order valence-corrected chi connectivity index (χ3v) is 5.64. The van der Waals surface area contributed by atoms with Crippen molar-refractivity contribution in [2.45, 2.75) is 6.42 Å². The molecular weight excluding hydrogens is 446 g/mol. The molecule has 4 aromatic rings. The van der Waals surface area contributed by atoms with Crippen LogP contribution in [0.15, 0.2) is 72.9 Å². The zero-order chi connectivity index (χ0) is 24.2. The second-order valence-electron chi connectivity index (χ2n) is 7.91. The van der Waals surface area contributed by atoms with Gasteiger partial charge in [0.25, 0.3) is 5.91 Å². The zero-order valence-electron chi connectivity index (χ0n) is 19.5. The number of benzene rings is 3. The van der Waals surface area contributed by atoms with E-state index in [1.165, 1.54) is 0 Å². The van der Waals surface area contributed by atoms with E-state index in [9.17, 15) is 4.79 Å². The normalized spacial score (nSPS) is 12.5. The summed E-state index contributed by atoms with van der Waals surface area (Å²) in [5.41, 5.74) is 3.09. The highest BCUT2D eigenvalue weighted by Gasteiger charge is 2.21. The van der Waals surface area contributed by atoms with Crippen LogP contribution in [0.25, 0.3) is 16.9 Å². The van der Waals surface area contributed by atoms with Crippen LogP contribution >= 0.6 is 0 Å². The molecule has 2 heterocycles. The first-order valence-electron chi connectivity index (χ1n) is 11.2. The van der Waals surface area contributed by atoms with Gasteiger partial charge in [0.1, 0.15) is 5.69 Å². The van der Waals surface area contributed by atoms with Crippen LogP contribution in [0.2, 0.25) is 0 Å². The first kappa shape index (κ1) is 22.3. The molecule has 0 aliphatic carbocycles. The molecule has 1 aliphatic rings. The van der Waals surface area contributed by atoms with Gasteiger partial charge in [-0.3, -0.25) is 4.79 Å². The molecule has 0 unspecified atom stereocenters. The van der Waals surface area contributed by atoms with E-state index < -0.39 is 0 Å². The number of nitrogens with zero attached hydrogens (tertiary/aromatic N) is 2. The number of hydrogen-bond acceptors (Lipinski definition) is 6. The lowest BCUT2D eigenvalue weighted by Crippen LogP contribution is -2.12. The number of carbonyl (C=O) groups is 1. The summed E-state index contributed by atoms with van der Waals surface area (Å²) in [6.45, 7) is 1.17. The van der Waals surface area contributed by atoms with Crippen molar-refractivity contribution in [3.63, 3.8) is 0 Å². The molecule has 0 atom stereocenters. The van der Waals surface area contributed by atoms with Crippen molar-refractivity contribution >= 4 is 11.6 Å². The van der Waals surface area contributed by atoms with Gasteiger partial charge in [-0.1, -0.05) is 18.2 Å². The van der Waals surface area contributed by atoms with Crippen LogP contribution in [0.1, 0.15) is 16.8 Å². The lowest BCUT2D eigenvalue weighted by atomic mass is 10.1. The van der Waals surface area contributed by atoms with Crippen molar-refractivity contribution in [3.05, 3.63) is 78.5 Å². The molecule has 0 bridgehead atoms. The van der Waals surface area contributed by atoms with Crippen molar-refractivity contribution in [1.82, 2.24) is 9.78 Å². The minimum atomic E-state index is -0.300. The van der Waals surface area contributed by atoms with Crippen LogP contribution in [-0.4, -0.2) is 43.1 Å². The molecule has 0 saturated carbocycles. The van der Waals surface area contributed by atoms with E-state index in [1.807, 2.05) is 36.4 Å². The number of hydrogen-bond donors (Lipinski definition) is 1. The van der Waals surface area contributed by atoms with E-state index in [-0.39, 0.29) is 5.91 Å². The number of methoxy groups -OCH3 is 2. The average Bonchev–Trinajstić information content (AvgIpc) is 3.22.